The first kappa shape index (κ1) is 53.9. The lowest BCUT2D eigenvalue weighted by Crippen LogP contribution is -2.63. The monoisotopic (exact) mass is 1170 g/mol. The first-order valence-electron chi connectivity index (χ1n) is 17.0. The van der Waals surface area contributed by atoms with E-state index >= 15 is 4.57 Å². The van der Waals surface area contributed by atoms with Crippen molar-refractivity contribution in [3.8, 4) is 0 Å². The van der Waals surface area contributed by atoms with Crippen molar-refractivity contribution in [3.63, 3.8) is 0 Å². The van der Waals surface area contributed by atoms with Crippen LogP contribution in [0.25, 0.3) is 0 Å². The fraction of sp³-hybridized carbons (Fsp3) is 1.00. The number of halogens is 9. The topological polar surface area (TPSA) is 44.8 Å². The highest BCUT2D eigenvalue weighted by Crippen LogP contribution is 2.67. The standard InChI is InChI=1S/C36H66Br6Cl3O4P/c1-28(2,3)22(37)34(19-43,23(38)29(4,5)6)47-50(46,48-35(20-44,24(39)30(7,8)9)25(40)31(10,11)12)49-36(21-45,26(41)32(13,14)15)27(42)33(16,17)18/h22-27H,19-21H2,1-18H3. The van der Waals surface area contributed by atoms with Gasteiger partial charge in [-0.3, -0.25) is 13.6 Å². The zero-order chi connectivity index (χ0) is 40.7. The molecule has 0 aliphatic heterocycles. The molecule has 0 aliphatic carbocycles. The second-order valence-corrected chi connectivity index (χ2v) is 28.1. The summed E-state index contributed by atoms with van der Waals surface area (Å²) in [4.78, 5) is -2.61. The van der Waals surface area contributed by atoms with Gasteiger partial charge in [-0.05, 0) is 32.5 Å². The fourth-order valence-electron chi connectivity index (χ4n) is 6.22. The van der Waals surface area contributed by atoms with E-state index in [0.717, 1.165) is 0 Å². The summed E-state index contributed by atoms with van der Waals surface area (Å²) in [5.74, 6) is -0.143. The minimum Gasteiger partial charge on any atom is -0.276 e. The molecule has 0 radical (unpaired) electrons. The molecule has 0 heterocycles. The molecule has 14 heteroatoms. The molecule has 50 heavy (non-hydrogen) atoms. The van der Waals surface area contributed by atoms with E-state index < -0.39 is 86.1 Å². The van der Waals surface area contributed by atoms with E-state index in [1.165, 1.54) is 0 Å². The van der Waals surface area contributed by atoms with Crippen molar-refractivity contribution in [2.75, 3.05) is 17.6 Å². The summed E-state index contributed by atoms with van der Waals surface area (Å²) in [6.07, 6.45) is 0. The van der Waals surface area contributed by atoms with Crippen LogP contribution in [0.1, 0.15) is 125 Å². The molecule has 0 amide bonds. The van der Waals surface area contributed by atoms with Gasteiger partial charge in [-0.1, -0.05) is 220 Å². The van der Waals surface area contributed by atoms with Crippen molar-refractivity contribution in [2.45, 2.75) is 170 Å². The normalized spacial score (nSPS) is 23.0. The summed E-state index contributed by atoms with van der Waals surface area (Å²) in [6, 6.07) is 0. The van der Waals surface area contributed by atoms with Crippen LogP contribution in [0.4, 0.5) is 0 Å². The van der Waals surface area contributed by atoms with Crippen molar-refractivity contribution in [1.29, 1.82) is 0 Å². The van der Waals surface area contributed by atoms with Crippen LogP contribution < -0.4 is 0 Å². The number of phosphoric ester groups is 1. The Morgan fingerprint density at radius 3 is 0.580 bits per heavy atom. The summed E-state index contributed by atoms with van der Waals surface area (Å²) >= 11 is 45.2. The minimum atomic E-state index is -4.81. The molecule has 0 aromatic carbocycles. The van der Waals surface area contributed by atoms with Gasteiger partial charge in [0.25, 0.3) is 0 Å². The lowest BCUT2D eigenvalue weighted by atomic mass is 9.74. The van der Waals surface area contributed by atoms with Crippen LogP contribution in [-0.2, 0) is 18.1 Å². The zero-order valence-corrected chi connectivity index (χ0v) is 46.2. The average Bonchev–Trinajstić information content (AvgIpc) is 2.92. The second-order valence-electron chi connectivity index (χ2n) is 20.4. The summed E-state index contributed by atoms with van der Waals surface area (Å²) in [5.41, 5.74) is -6.51. The first-order chi connectivity index (χ1) is 21.7. The highest BCUT2D eigenvalue weighted by Gasteiger charge is 2.64. The summed E-state index contributed by atoms with van der Waals surface area (Å²) in [5, 5.41) is 0. The van der Waals surface area contributed by atoms with Crippen molar-refractivity contribution < 1.29 is 18.1 Å². The molecule has 0 bridgehead atoms. The molecule has 6 atom stereocenters. The van der Waals surface area contributed by atoms with Crippen LogP contribution in [-0.4, -0.2) is 63.4 Å². The van der Waals surface area contributed by atoms with E-state index in [1.807, 2.05) is 0 Å². The van der Waals surface area contributed by atoms with E-state index in [0.29, 0.717) is 0 Å². The van der Waals surface area contributed by atoms with Crippen LogP contribution >= 0.6 is 138 Å². The SMILES string of the molecule is CC(C)(C)C(Br)C(CCl)(OP(=O)(OC(CCl)(C(Br)C(C)(C)C)C(Br)C(C)(C)C)OC(CCl)(C(Br)C(C)(C)C)C(Br)C(C)(C)C)C(Br)C(C)(C)C. The highest BCUT2D eigenvalue weighted by atomic mass is 79.9. The van der Waals surface area contributed by atoms with E-state index in [9.17, 15) is 0 Å². The quantitative estimate of drug-likeness (QED) is 0.121. The number of alkyl halides is 9. The van der Waals surface area contributed by atoms with Gasteiger partial charge >= 0.3 is 7.82 Å². The van der Waals surface area contributed by atoms with Crippen molar-refractivity contribution in [1.82, 2.24) is 0 Å². The molecule has 0 saturated carbocycles. The molecule has 0 saturated heterocycles. The number of hydrogen-bond acceptors (Lipinski definition) is 4. The Balaban J connectivity index is 8.76. The Morgan fingerprint density at radius 1 is 0.380 bits per heavy atom. The van der Waals surface area contributed by atoms with Crippen LogP contribution in [0, 0.1) is 32.5 Å². The van der Waals surface area contributed by atoms with Gasteiger partial charge in [0.2, 0.25) is 0 Å². The second kappa shape index (κ2) is 18.4. The molecular weight excluding hydrogens is 1110 g/mol. The maximum Gasteiger partial charge on any atom is 0.476 e. The van der Waals surface area contributed by atoms with E-state index in [4.69, 9.17) is 48.4 Å². The van der Waals surface area contributed by atoms with Crippen molar-refractivity contribution in [3.05, 3.63) is 0 Å². The molecule has 4 nitrogen and oxygen atoms in total. The Bertz CT molecular complexity index is 938. The van der Waals surface area contributed by atoms with Crippen LogP contribution in [0.3, 0.4) is 0 Å². The first-order valence-corrected chi connectivity index (χ1v) is 25.5. The number of hydrogen-bond donors (Lipinski definition) is 0. The molecule has 0 rings (SSSR count). The van der Waals surface area contributed by atoms with Crippen molar-refractivity contribution >= 4 is 138 Å². The number of rotatable bonds is 15. The van der Waals surface area contributed by atoms with Crippen LogP contribution in [0.15, 0.2) is 0 Å². The van der Waals surface area contributed by atoms with Gasteiger partial charge in [-0.15, -0.1) is 34.8 Å². The fourth-order valence-corrected chi connectivity index (χ4v) is 15.9. The Labute approximate surface area is 373 Å². The third-order valence-electron chi connectivity index (χ3n) is 8.61. The summed E-state index contributed by atoms with van der Waals surface area (Å²) in [7, 11) is -4.81. The molecule has 6 unspecified atom stereocenters. The molecule has 0 aromatic heterocycles. The van der Waals surface area contributed by atoms with Crippen LogP contribution in [0.2, 0.25) is 0 Å². The number of phosphoric acid groups is 1. The van der Waals surface area contributed by atoms with Gasteiger partial charge in [0.05, 0.1) is 46.6 Å². The minimum absolute atomic E-state index is 0.0477. The molecule has 0 N–H and O–H groups in total. The van der Waals surface area contributed by atoms with E-state index in [1.54, 1.807) is 0 Å². The van der Waals surface area contributed by atoms with Gasteiger partial charge < -0.3 is 0 Å². The maximum absolute atomic E-state index is 16.6. The Morgan fingerprint density at radius 2 is 0.500 bits per heavy atom. The molecule has 302 valence electrons. The average molecular weight is 1180 g/mol. The smallest absolute Gasteiger partial charge is 0.276 e. The maximum atomic E-state index is 16.6. The van der Waals surface area contributed by atoms with Gasteiger partial charge in [0.1, 0.15) is 16.8 Å². The third-order valence-corrected chi connectivity index (χ3v) is 24.4. The van der Waals surface area contributed by atoms with E-state index in [2.05, 4.69) is 220 Å². The lowest BCUT2D eigenvalue weighted by Gasteiger charge is -2.55. The van der Waals surface area contributed by atoms with Gasteiger partial charge in [0, 0.05) is 0 Å². The highest BCUT2D eigenvalue weighted by molar-refractivity contribution is 9.11. The molecule has 0 fully saturated rings. The molecule has 0 aromatic rings. The van der Waals surface area contributed by atoms with Crippen molar-refractivity contribution in [2.24, 2.45) is 32.5 Å². The molecular formula is C36H66Br6Cl3O4P. The summed E-state index contributed by atoms with van der Waals surface area (Å²) < 4.78 is 38.2. The molecule has 0 aliphatic rings. The van der Waals surface area contributed by atoms with Crippen LogP contribution in [0.5, 0.6) is 0 Å². The lowest BCUT2D eigenvalue weighted by molar-refractivity contribution is -0.0834. The predicted octanol–water partition coefficient (Wildman–Crippen LogP) is 15.9. The van der Waals surface area contributed by atoms with E-state index in [-0.39, 0.29) is 17.6 Å². The van der Waals surface area contributed by atoms with Gasteiger partial charge in [0.15, 0.2) is 0 Å². The predicted molar refractivity (Wildman–Crippen MR) is 244 cm³/mol. The largest absolute Gasteiger partial charge is 0.476 e. The Hall–Kier alpha value is 3.86. The zero-order valence-electron chi connectivity index (χ0n) is 33.6. The summed E-state index contributed by atoms with van der Waals surface area (Å²) in [6.45, 7) is 37.5. The van der Waals surface area contributed by atoms with Gasteiger partial charge in [-0.25, -0.2) is 4.57 Å². The van der Waals surface area contributed by atoms with Gasteiger partial charge in [-0.2, -0.15) is 0 Å². The molecule has 0 spiro atoms. The third kappa shape index (κ3) is 12.7. The Kier molecular flexibility index (Phi) is 19.8.